The van der Waals surface area contributed by atoms with Gasteiger partial charge in [0.2, 0.25) is 5.91 Å². The minimum atomic E-state index is 0.132. The first-order chi connectivity index (χ1) is 7.22. The van der Waals surface area contributed by atoms with Gasteiger partial charge in [0.1, 0.15) is 0 Å². The number of pyridine rings is 1. The Morgan fingerprint density at radius 1 is 1.67 bits per heavy atom. The first-order valence-corrected chi connectivity index (χ1v) is 6.18. The number of anilines is 1. The first kappa shape index (κ1) is 10.9. The molecule has 5 heteroatoms. The molecule has 0 N–H and O–H groups in total. The molecule has 1 aliphatic heterocycles. The van der Waals surface area contributed by atoms with Crippen LogP contribution < -0.4 is 4.90 Å². The monoisotopic (exact) mass is 288 g/mol. The van der Waals surface area contributed by atoms with Crippen LogP contribution in [-0.4, -0.2) is 22.8 Å². The number of hydrogen-bond donors (Lipinski definition) is 0. The van der Waals surface area contributed by atoms with Crippen molar-refractivity contribution in [3.63, 3.8) is 0 Å². The standard InChI is InChI=1S/C10H10BrClN2O/c11-4-7-3-10(15)14(6-7)9-1-2-13-5-8(9)12/h1-2,5,7H,3-4,6H2. The summed E-state index contributed by atoms with van der Waals surface area (Å²) in [5, 5.41) is 1.37. The molecule has 0 bridgehead atoms. The van der Waals surface area contributed by atoms with Crippen molar-refractivity contribution in [1.82, 2.24) is 4.98 Å². The normalized spacial score (nSPS) is 21.1. The van der Waals surface area contributed by atoms with Gasteiger partial charge in [-0.2, -0.15) is 0 Å². The molecule has 2 heterocycles. The summed E-state index contributed by atoms with van der Waals surface area (Å²) in [6.07, 6.45) is 3.80. The number of hydrogen-bond acceptors (Lipinski definition) is 2. The van der Waals surface area contributed by atoms with Crippen molar-refractivity contribution in [2.45, 2.75) is 6.42 Å². The van der Waals surface area contributed by atoms with E-state index in [-0.39, 0.29) is 5.91 Å². The smallest absolute Gasteiger partial charge is 0.227 e. The maximum atomic E-state index is 11.7. The van der Waals surface area contributed by atoms with E-state index in [0.717, 1.165) is 17.6 Å². The van der Waals surface area contributed by atoms with Crippen molar-refractivity contribution in [2.75, 3.05) is 16.8 Å². The molecule has 1 unspecified atom stereocenters. The Balaban J connectivity index is 2.25. The van der Waals surface area contributed by atoms with Crippen LogP contribution in [0.4, 0.5) is 5.69 Å². The van der Waals surface area contributed by atoms with Crippen LogP contribution in [0.1, 0.15) is 6.42 Å². The van der Waals surface area contributed by atoms with E-state index in [9.17, 15) is 4.79 Å². The number of nitrogens with zero attached hydrogens (tertiary/aromatic N) is 2. The number of carbonyl (C=O) groups is 1. The summed E-state index contributed by atoms with van der Waals surface area (Å²) in [6.45, 7) is 0.730. The summed E-state index contributed by atoms with van der Waals surface area (Å²) in [6, 6.07) is 1.77. The summed E-state index contributed by atoms with van der Waals surface area (Å²) in [7, 11) is 0. The Morgan fingerprint density at radius 2 is 2.47 bits per heavy atom. The van der Waals surface area contributed by atoms with E-state index in [1.165, 1.54) is 0 Å². The maximum Gasteiger partial charge on any atom is 0.227 e. The Hall–Kier alpha value is -0.610. The third-order valence-electron chi connectivity index (χ3n) is 2.47. The lowest BCUT2D eigenvalue weighted by Crippen LogP contribution is -2.24. The zero-order valence-electron chi connectivity index (χ0n) is 7.99. The highest BCUT2D eigenvalue weighted by Crippen LogP contribution is 2.30. The largest absolute Gasteiger partial charge is 0.310 e. The summed E-state index contributed by atoms with van der Waals surface area (Å²) in [5.41, 5.74) is 0.764. The zero-order valence-corrected chi connectivity index (χ0v) is 10.3. The van der Waals surface area contributed by atoms with Gasteiger partial charge in [0.05, 0.1) is 10.7 Å². The quantitative estimate of drug-likeness (QED) is 0.784. The van der Waals surface area contributed by atoms with Gasteiger partial charge < -0.3 is 4.90 Å². The van der Waals surface area contributed by atoms with E-state index in [1.807, 2.05) is 0 Å². The van der Waals surface area contributed by atoms with Crippen LogP contribution in [-0.2, 0) is 4.79 Å². The maximum absolute atomic E-state index is 11.7. The SMILES string of the molecule is O=C1CC(CBr)CN1c1ccncc1Cl. The molecular formula is C10H10BrClN2O. The van der Waals surface area contributed by atoms with Crippen LogP contribution >= 0.6 is 27.5 Å². The molecule has 1 atom stereocenters. The molecule has 1 fully saturated rings. The van der Waals surface area contributed by atoms with Gasteiger partial charge in [-0.05, 0) is 12.0 Å². The Morgan fingerprint density at radius 3 is 3.07 bits per heavy atom. The summed E-state index contributed by atoms with van der Waals surface area (Å²) >= 11 is 9.39. The zero-order chi connectivity index (χ0) is 10.8. The summed E-state index contributed by atoms with van der Waals surface area (Å²) in [4.78, 5) is 17.4. The molecule has 1 aliphatic rings. The number of carbonyl (C=O) groups excluding carboxylic acids is 1. The lowest BCUT2D eigenvalue weighted by atomic mass is 10.2. The van der Waals surface area contributed by atoms with Gasteiger partial charge in [-0.1, -0.05) is 27.5 Å². The Bertz CT molecular complexity index is 385. The topological polar surface area (TPSA) is 33.2 Å². The Labute approximate surface area is 102 Å². The average Bonchev–Trinajstić information content (AvgIpc) is 2.60. The van der Waals surface area contributed by atoms with Crippen molar-refractivity contribution in [3.8, 4) is 0 Å². The van der Waals surface area contributed by atoms with E-state index < -0.39 is 0 Å². The number of alkyl halides is 1. The van der Waals surface area contributed by atoms with Gasteiger partial charge in [0.15, 0.2) is 0 Å². The van der Waals surface area contributed by atoms with Crippen LogP contribution in [0.5, 0.6) is 0 Å². The van der Waals surface area contributed by atoms with Crippen LogP contribution in [0.2, 0.25) is 5.02 Å². The second-order valence-electron chi connectivity index (χ2n) is 3.56. The van der Waals surface area contributed by atoms with E-state index in [1.54, 1.807) is 23.4 Å². The van der Waals surface area contributed by atoms with E-state index in [0.29, 0.717) is 17.4 Å². The fourth-order valence-electron chi connectivity index (χ4n) is 1.70. The predicted octanol–water partition coefficient (Wildman–Crippen LogP) is 2.48. The fourth-order valence-corrected chi connectivity index (χ4v) is 2.36. The Kier molecular flexibility index (Phi) is 3.26. The minimum Gasteiger partial charge on any atom is -0.310 e. The van der Waals surface area contributed by atoms with Crippen molar-refractivity contribution in [2.24, 2.45) is 5.92 Å². The first-order valence-electron chi connectivity index (χ1n) is 4.68. The van der Waals surface area contributed by atoms with Gasteiger partial charge in [-0.25, -0.2) is 0 Å². The summed E-state index contributed by atoms with van der Waals surface area (Å²) < 4.78 is 0. The van der Waals surface area contributed by atoms with Gasteiger partial charge >= 0.3 is 0 Å². The van der Waals surface area contributed by atoms with Gasteiger partial charge in [-0.3, -0.25) is 9.78 Å². The van der Waals surface area contributed by atoms with Crippen LogP contribution in [0.15, 0.2) is 18.5 Å². The van der Waals surface area contributed by atoms with Crippen LogP contribution in [0, 0.1) is 5.92 Å². The number of halogens is 2. The van der Waals surface area contributed by atoms with Gasteiger partial charge in [0, 0.05) is 30.7 Å². The molecule has 0 radical (unpaired) electrons. The summed E-state index contributed by atoms with van der Waals surface area (Å²) in [5.74, 6) is 0.509. The molecule has 0 saturated carbocycles. The second kappa shape index (κ2) is 4.49. The third kappa shape index (κ3) is 2.16. The van der Waals surface area contributed by atoms with Gasteiger partial charge in [-0.15, -0.1) is 0 Å². The molecular weight excluding hydrogens is 279 g/mol. The number of aromatic nitrogens is 1. The van der Waals surface area contributed by atoms with E-state index in [2.05, 4.69) is 20.9 Å². The van der Waals surface area contributed by atoms with Crippen molar-refractivity contribution < 1.29 is 4.79 Å². The minimum absolute atomic E-state index is 0.132. The highest BCUT2D eigenvalue weighted by Gasteiger charge is 2.30. The lowest BCUT2D eigenvalue weighted by Gasteiger charge is -2.17. The molecule has 80 valence electrons. The van der Waals surface area contributed by atoms with Crippen LogP contribution in [0.25, 0.3) is 0 Å². The molecule has 0 spiro atoms. The number of amides is 1. The van der Waals surface area contributed by atoms with Crippen LogP contribution in [0.3, 0.4) is 0 Å². The second-order valence-corrected chi connectivity index (χ2v) is 4.61. The van der Waals surface area contributed by atoms with Gasteiger partial charge in [0.25, 0.3) is 0 Å². The highest BCUT2D eigenvalue weighted by atomic mass is 79.9. The van der Waals surface area contributed by atoms with Crippen molar-refractivity contribution >= 4 is 39.1 Å². The lowest BCUT2D eigenvalue weighted by molar-refractivity contribution is -0.117. The fraction of sp³-hybridized carbons (Fsp3) is 0.400. The number of rotatable bonds is 2. The third-order valence-corrected chi connectivity index (χ3v) is 3.67. The molecule has 0 aliphatic carbocycles. The molecule has 15 heavy (non-hydrogen) atoms. The van der Waals surface area contributed by atoms with Crippen molar-refractivity contribution in [3.05, 3.63) is 23.5 Å². The molecule has 2 rings (SSSR count). The highest BCUT2D eigenvalue weighted by molar-refractivity contribution is 9.09. The van der Waals surface area contributed by atoms with E-state index >= 15 is 0 Å². The molecule has 1 aromatic rings. The molecule has 3 nitrogen and oxygen atoms in total. The molecule has 1 amide bonds. The molecule has 1 aromatic heterocycles. The molecule has 1 saturated heterocycles. The average molecular weight is 290 g/mol. The predicted molar refractivity (Wildman–Crippen MR) is 63.5 cm³/mol. The van der Waals surface area contributed by atoms with Crippen molar-refractivity contribution in [1.29, 1.82) is 0 Å². The molecule has 0 aromatic carbocycles. The van der Waals surface area contributed by atoms with E-state index in [4.69, 9.17) is 11.6 Å².